The van der Waals surface area contributed by atoms with E-state index in [2.05, 4.69) is 39.9 Å². The first-order valence-corrected chi connectivity index (χ1v) is 16.1. The maximum atomic E-state index is 14.2. The number of aryl methyl sites for hydroxylation is 1. The van der Waals surface area contributed by atoms with Gasteiger partial charge in [0, 0.05) is 19.3 Å². The SMILES string of the molecule is CC(C)(N)C(=O)N[C@H](CCCc1ccccc1)C(O)Nc1cn(C(C)(C(=O)N2CCCC2)c2ccc(-c3ccccc3)cc2)cn1. The maximum absolute atomic E-state index is 14.2. The molecule has 3 atom stereocenters. The number of anilines is 1. The van der Waals surface area contributed by atoms with E-state index in [1.165, 1.54) is 5.56 Å². The Morgan fingerprint density at radius 2 is 1.52 bits per heavy atom. The summed E-state index contributed by atoms with van der Waals surface area (Å²) in [6.45, 7) is 6.63. The van der Waals surface area contributed by atoms with E-state index in [0.29, 0.717) is 12.2 Å². The van der Waals surface area contributed by atoms with Crippen molar-refractivity contribution in [1.82, 2.24) is 19.8 Å². The Kier molecular flexibility index (Phi) is 10.2. The molecule has 0 saturated carbocycles. The normalized spacial score (nSPS) is 16.0. The monoisotopic (exact) mass is 622 g/mol. The fourth-order valence-corrected chi connectivity index (χ4v) is 5.96. The molecule has 46 heavy (non-hydrogen) atoms. The van der Waals surface area contributed by atoms with Crippen LogP contribution in [0.2, 0.25) is 0 Å². The average molecular weight is 623 g/mol. The maximum Gasteiger partial charge on any atom is 0.253 e. The van der Waals surface area contributed by atoms with Crippen LogP contribution in [0, 0.1) is 0 Å². The Morgan fingerprint density at radius 1 is 0.913 bits per heavy atom. The summed E-state index contributed by atoms with van der Waals surface area (Å²) in [5.41, 5.74) is 8.09. The van der Waals surface area contributed by atoms with Crippen LogP contribution in [-0.4, -0.2) is 62.3 Å². The lowest BCUT2D eigenvalue weighted by atomic mass is 9.88. The van der Waals surface area contributed by atoms with E-state index >= 15 is 0 Å². The van der Waals surface area contributed by atoms with Gasteiger partial charge in [-0.05, 0) is 75.1 Å². The van der Waals surface area contributed by atoms with Gasteiger partial charge in [0.2, 0.25) is 5.91 Å². The van der Waals surface area contributed by atoms with Gasteiger partial charge in [-0.2, -0.15) is 0 Å². The number of amides is 2. The highest BCUT2D eigenvalue weighted by atomic mass is 16.3. The van der Waals surface area contributed by atoms with Crippen molar-refractivity contribution in [2.75, 3.05) is 18.4 Å². The van der Waals surface area contributed by atoms with Crippen molar-refractivity contribution < 1.29 is 14.7 Å². The summed E-state index contributed by atoms with van der Waals surface area (Å²) < 4.78 is 1.81. The minimum atomic E-state index is -1.14. The lowest BCUT2D eigenvalue weighted by Crippen LogP contribution is -2.56. The highest BCUT2D eigenvalue weighted by molar-refractivity contribution is 5.88. The fraction of sp³-hybridized carbons (Fsp3) is 0.378. The third kappa shape index (κ3) is 7.66. The van der Waals surface area contributed by atoms with Crippen molar-refractivity contribution in [3.63, 3.8) is 0 Å². The molecule has 5 rings (SSSR count). The smallest absolute Gasteiger partial charge is 0.253 e. The second-order valence-electron chi connectivity index (χ2n) is 12.9. The minimum absolute atomic E-state index is 0.00168. The van der Waals surface area contributed by atoms with Gasteiger partial charge >= 0.3 is 0 Å². The molecule has 5 N–H and O–H groups in total. The van der Waals surface area contributed by atoms with Crippen molar-refractivity contribution in [3.05, 3.63) is 109 Å². The van der Waals surface area contributed by atoms with Gasteiger partial charge in [-0.25, -0.2) is 4.98 Å². The molecule has 0 radical (unpaired) electrons. The number of nitrogens with two attached hydrogens (primary N) is 1. The van der Waals surface area contributed by atoms with E-state index < -0.39 is 23.3 Å². The molecule has 0 spiro atoms. The van der Waals surface area contributed by atoms with Crippen LogP contribution in [0.3, 0.4) is 0 Å². The quantitative estimate of drug-likeness (QED) is 0.157. The van der Waals surface area contributed by atoms with Crippen LogP contribution >= 0.6 is 0 Å². The minimum Gasteiger partial charge on any atom is -0.372 e. The molecule has 0 bridgehead atoms. The number of nitrogens with zero attached hydrogens (tertiary/aromatic N) is 3. The number of aliphatic hydroxyl groups excluding tert-OH is 1. The molecule has 9 nitrogen and oxygen atoms in total. The second-order valence-corrected chi connectivity index (χ2v) is 12.9. The van der Waals surface area contributed by atoms with Crippen molar-refractivity contribution in [3.8, 4) is 11.1 Å². The molecule has 4 aromatic rings. The Labute approximate surface area is 271 Å². The third-order valence-corrected chi connectivity index (χ3v) is 8.86. The zero-order chi connectivity index (χ0) is 32.7. The predicted molar refractivity (Wildman–Crippen MR) is 182 cm³/mol. The molecular weight excluding hydrogens is 576 g/mol. The van der Waals surface area contributed by atoms with Gasteiger partial charge in [0.25, 0.3) is 5.91 Å². The molecule has 2 amide bonds. The second kappa shape index (κ2) is 14.3. The Bertz CT molecular complexity index is 1580. The predicted octanol–water partition coefficient (Wildman–Crippen LogP) is 4.91. The first kappa shape index (κ1) is 32.9. The number of carbonyl (C=O) groups is 2. The number of nitrogens with one attached hydrogen (secondary N) is 2. The van der Waals surface area contributed by atoms with Gasteiger partial charge in [0.1, 0.15) is 17.6 Å². The largest absolute Gasteiger partial charge is 0.372 e. The van der Waals surface area contributed by atoms with Gasteiger partial charge in [0.15, 0.2) is 0 Å². The molecule has 2 heterocycles. The molecule has 1 aliphatic rings. The zero-order valence-electron chi connectivity index (χ0n) is 27.0. The molecule has 3 aromatic carbocycles. The van der Waals surface area contributed by atoms with E-state index in [0.717, 1.165) is 55.5 Å². The van der Waals surface area contributed by atoms with Crippen LogP contribution in [0.15, 0.2) is 97.5 Å². The summed E-state index contributed by atoms with van der Waals surface area (Å²) in [6, 6.07) is 27.7. The summed E-state index contributed by atoms with van der Waals surface area (Å²) >= 11 is 0. The van der Waals surface area contributed by atoms with Gasteiger partial charge in [0.05, 0.1) is 17.9 Å². The summed E-state index contributed by atoms with van der Waals surface area (Å²) in [6.07, 6.45) is 6.26. The Morgan fingerprint density at radius 3 is 2.15 bits per heavy atom. The van der Waals surface area contributed by atoms with Crippen molar-refractivity contribution >= 4 is 17.6 Å². The highest BCUT2D eigenvalue weighted by Gasteiger charge is 2.41. The first-order chi connectivity index (χ1) is 22.1. The molecule has 1 aliphatic heterocycles. The zero-order valence-corrected chi connectivity index (χ0v) is 27.0. The molecule has 1 aromatic heterocycles. The molecule has 1 fully saturated rings. The summed E-state index contributed by atoms with van der Waals surface area (Å²) in [4.78, 5) is 33.5. The Balaban J connectivity index is 1.37. The van der Waals surface area contributed by atoms with Crippen molar-refractivity contribution in [2.45, 2.75) is 76.2 Å². The summed E-state index contributed by atoms with van der Waals surface area (Å²) in [7, 11) is 0. The van der Waals surface area contributed by atoms with E-state index in [4.69, 9.17) is 5.73 Å². The van der Waals surface area contributed by atoms with Gasteiger partial charge < -0.3 is 30.9 Å². The van der Waals surface area contributed by atoms with E-state index in [-0.39, 0.29) is 11.8 Å². The number of aromatic nitrogens is 2. The molecule has 242 valence electrons. The van der Waals surface area contributed by atoms with E-state index in [1.807, 2.05) is 77.1 Å². The lowest BCUT2D eigenvalue weighted by molar-refractivity contribution is -0.137. The third-order valence-electron chi connectivity index (χ3n) is 8.86. The molecule has 1 saturated heterocycles. The van der Waals surface area contributed by atoms with Crippen molar-refractivity contribution in [1.29, 1.82) is 0 Å². The molecule has 2 unspecified atom stereocenters. The van der Waals surface area contributed by atoms with Crippen LogP contribution in [0.1, 0.15) is 57.6 Å². The molecule has 9 heteroatoms. The molecular formula is C37H46N6O3. The van der Waals surface area contributed by atoms with Gasteiger partial charge in [-0.1, -0.05) is 84.9 Å². The van der Waals surface area contributed by atoms with E-state index in [9.17, 15) is 14.7 Å². The number of rotatable bonds is 13. The average Bonchev–Trinajstić information content (AvgIpc) is 3.77. The number of aliphatic hydroxyl groups is 1. The summed E-state index contributed by atoms with van der Waals surface area (Å²) in [5, 5.41) is 17.3. The number of carbonyl (C=O) groups excluding carboxylic acids is 2. The first-order valence-electron chi connectivity index (χ1n) is 16.1. The lowest BCUT2D eigenvalue weighted by Gasteiger charge is -2.34. The standard InChI is InChI=1S/C37H46N6O3/c1-36(2,38)34(45)40-31(18-12-15-27-13-6-4-7-14-27)33(44)41-32-25-43(26-39-32)37(3,35(46)42-23-10-11-24-42)30-21-19-29(20-22-30)28-16-8-5-9-17-28/h4-9,13-14,16-17,19-22,25-26,31,33,41,44H,10-12,15,18,23-24,38H2,1-3H3,(H,40,45)/t31-,33?,37?/m1/s1. The molecule has 0 aliphatic carbocycles. The van der Waals surface area contributed by atoms with Gasteiger partial charge in [-0.3, -0.25) is 9.59 Å². The van der Waals surface area contributed by atoms with Crippen LogP contribution in [-0.2, 0) is 21.5 Å². The topological polar surface area (TPSA) is 126 Å². The van der Waals surface area contributed by atoms with Gasteiger partial charge in [-0.15, -0.1) is 0 Å². The number of benzene rings is 3. The van der Waals surface area contributed by atoms with Crippen LogP contribution in [0.5, 0.6) is 0 Å². The number of imidazole rings is 1. The fourth-order valence-electron chi connectivity index (χ4n) is 5.96. The van der Waals surface area contributed by atoms with Crippen LogP contribution in [0.4, 0.5) is 5.82 Å². The number of likely N-dealkylation sites (tertiary alicyclic amines) is 1. The summed E-state index contributed by atoms with van der Waals surface area (Å²) in [5.74, 6) is 0.0349. The number of hydrogen-bond donors (Lipinski definition) is 4. The van der Waals surface area contributed by atoms with Crippen LogP contribution < -0.4 is 16.4 Å². The van der Waals surface area contributed by atoms with E-state index in [1.54, 1.807) is 26.4 Å². The number of hydrogen-bond acceptors (Lipinski definition) is 6. The highest BCUT2D eigenvalue weighted by Crippen LogP contribution is 2.33. The van der Waals surface area contributed by atoms with Crippen LogP contribution in [0.25, 0.3) is 11.1 Å². The Hall–Kier alpha value is -4.47. The van der Waals surface area contributed by atoms with Crippen molar-refractivity contribution in [2.24, 2.45) is 5.73 Å².